The van der Waals surface area contributed by atoms with Crippen LogP contribution >= 0.6 is 0 Å². The predicted molar refractivity (Wildman–Crippen MR) is 173 cm³/mol. The molecule has 9 nitrogen and oxygen atoms in total. The largest absolute Gasteiger partial charge is 0.377 e. The van der Waals surface area contributed by atoms with Crippen LogP contribution in [0.4, 0.5) is 28.7 Å². The lowest BCUT2D eigenvalue weighted by molar-refractivity contribution is 0.251. The van der Waals surface area contributed by atoms with E-state index >= 15 is 0 Å². The van der Waals surface area contributed by atoms with Gasteiger partial charge < -0.3 is 14.7 Å². The number of aryl methyl sites for hydroxylation is 2. The van der Waals surface area contributed by atoms with Gasteiger partial charge >= 0.3 is 0 Å². The lowest BCUT2D eigenvalue weighted by Crippen LogP contribution is -2.30. The number of rotatable bonds is 6. The summed E-state index contributed by atoms with van der Waals surface area (Å²) in [5.41, 5.74) is 8.06. The average Bonchev–Trinajstić information content (AvgIpc) is 2.97. The molecular weight excluding hydrogens is 522 g/mol. The molecule has 1 aliphatic rings. The number of aromatic nitrogens is 5. The highest BCUT2D eigenvalue weighted by Gasteiger charge is 2.24. The molecule has 9 heteroatoms. The number of likely N-dealkylation sites (tertiary alicyclic amines) is 1. The van der Waals surface area contributed by atoms with Crippen molar-refractivity contribution in [3.63, 3.8) is 0 Å². The van der Waals surface area contributed by atoms with Crippen LogP contribution in [0.25, 0.3) is 21.8 Å². The molecule has 0 radical (unpaired) electrons. The number of fused-ring (bicyclic) bond motifs is 2. The molecular formula is C33H39N9. The van der Waals surface area contributed by atoms with Crippen molar-refractivity contribution in [1.82, 2.24) is 29.8 Å². The summed E-state index contributed by atoms with van der Waals surface area (Å²) in [6.07, 6.45) is 3.75. The number of nitrogens with zero attached hydrogens (tertiary/aromatic N) is 9. The van der Waals surface area contributed by atoms with E-state index in [0.29, 0.717) is 11.9 Å². The third-order valence-corrected chi connectivity index (χ3v) is 8.14. The molecule has 0 amide bonds. The minimum atomic E-state index is 0.318. The van der Waals surface area contributed by atoms with Crippen molar-refractivity contribution >= 4 is 50.5 Å². The van der Waals surface area contributed by atoms with Gasteiger partial charge in [0.25, 0.3) is 0 Å². The van der Waals surface area contributed by atoms with Gasteiger partial charge in [-0.2, -0.15) is 4.98 Å². The zero-order valence-electron chi connectivity index (χ0n) is 25.6. The Hall–Kier alpha value is -4.37. The second-order valence-electron chi connectivity index (χ2n) is 11.8. The van der Waals surface area contributed by atoms with Crippen molar-refractivity contribution in [3.8, 4) is 0 Å². The quantitative estimate of drug-likeness (QED) is 0.248. The maximum atomic E-state index is 5.11. The molecule has 6 rings (SSSR count). The molecule has 1 aliphatic heterocycles. The first-order chi connectivity index (χ1) is 20.2. The van der Waals surface area contributed by atoms with Crippen LogP contribution in [0.1, 0.15) is 36.0 Å². The monoisotopic (exact) mass is 561 g/mol. The maximum absolute atomic E-state index is 5.11. The van der Waals surface area contributed by atoms with Crippen molar-refractivity contribution in [3.05, 3.63) is 72.1 Å². The molecule has 0 atom stereocenters. The Morgan fingerprint density at radius 3 is 1.71 bits per heavy atom. The zero-order chi connectivity index (χ0) is 29.5. The maximum Gasteiger partial charge on any atom is 0.237 e. The summed E-state index contributed by atoms with van der Waals surface area (Å²) in [5, 5.41) is 2.15. The number of benzene rings is 2. The second-order valence-corrected chi connectivity index (χ2v) is 11.8. The smallest absolute Gasteiger partial charge is 0.237 e. The Bertz CT molecular complexity index is 1660. The first kappa shape index (κ1) is 27.8. The zero-order valence-corrected chi connectivity index (χ0v) is 25.6. The molecule has 0 saturated carbocycles. The van der Waals surface area contributed by atoms with Crippen molar-refractivity contribution in [2.24, 2.45) is 0 Å². The summed E-state index contributed by atoms with van der Waals surface area (Å²) in [7, 11) is 10.4. The lowest BCUT2D eigenvalue weighted by Gasteiger charge is -2.29. The summed E-state index contributed by atoms with van der Waals surface area (Å²) >= 11 is 0. The van der Waals surface area contributed by atoms with Gasteiger partial charge in [-0.05, 0) is 95.4 Å². The Balaban J connectivity index is 1.55. The van der Waals surface area contributed by atoms with Crippen LogP contribution in [0.2, 0.25) is 0 Å². The molecule has 42 heavy (non-hydrogen) atoms. The summed E-state index contributed by atoms with van der Waals surface area (Å²) in [5.74, 6) is 1.78. The first-order valence-electron chi connectivity index (χ1n) is 14.5. The Morgan fingerprint density at radius 1 is 0.690 bits per heavy atom. The third-order valence-electron chi connectivity index (χ3n) is 8.14. The van der Waals surface area contributed by atoms with Crippen LogP contribution in [0.15, 0.2) is 54.9 Å². The molecule has 5 aromatic rings. The molecule has 0 aliphatic carbocycles. The Morgan fingerprint density at radius 2 is 1.21 bits per heavy atom. The van der Waals surface area contributed by atoms with Crippen LogP contribution in [-0.4, -0.2) is 78.1 Å². The molecule has 1 saturated heterocycles. The SMILES string of the molecule is Cc1cc(N(C)C)c2cc(N(c3ccc4nc(C)cc(N(C)C)c4c3)c3ncnc(C4CCN(C)CC4)n3)ccc2n1. The van der Waals surface area contributed by atoms with Crippen LogP contribution in [0.5, 0.6) is 0 Å². The first-order valence-corrected chi connectivity index (χ1v) is 14.5. The van der Waals surface area contributed by atoms with Crippen molar-refractivity contribution in [1.29, 1.82) is 0 Å². The van der Waals surface area contributed by atoms with E-state index in [1.165, 1.54) is 0 Å². The van der Waals surface area contributed by atoms with Gasteiger partial charge in [0.1, 0.15) is 12.2 Å². The highest BCUT2D eigenvalue weighted by Crippen LogP contribution is 2.39. The second kappa shape index (κ2) is 11.1. The Kier molecular flexibility index (Phi) is 7.36. The highest BCUT2D eigenvalue weighted by molar-refractivity contribution is 5.98. The molecule has 4 heterocycles. The van der Waals surface area contributed by atoms with Crippen molar-refractivity contribution in [2.75, 3.05) is 63.0 Å². The molecule has 2 aromatic carbocycles. The van der Waals surface area contributed by atoms with Gasteiger partial charge in [0.05, 0.1) is 11.0 Å². The fraction of sp³-hybridized carbons (Fsp3) is 0.364. The number of hydrogen-bond acceptors (Lipinski definition) is 9. The normalized spacial score (nSPS) is 14.5. The Labute approximate surface area is 247 Å². The molecule has 1 fully saturated rings. The van der Waals surface area contributed by atoms with Crippen LogP contribution < -0.4 is 14.7 Å². The number of hydrogen-bond donors (Lipinski definition) is 0. The summed E-state index contributed by atoms with van der Waals surface area (Å²) < 4.78 is 0. The summed E-state index contributed by atoms with van der Waals surface area (Å²) in [4.78, 5) is 32.9. The number of pyridine rings is 2. The van der Waals surface area contributed by atoms with E-state index in [0.717, 1.165) is 87.7 Å². The van der Waals surface area contributed by atoms with E-state index in [1.54, 1.807) is 6.33 Å². The van der Waals surface area contributed by atoms with Gasteiger partial charge in [-0.3, -0.25) is 14.9 Å². The van der Waals surface area contributed by atoms with Gasteiger partial charge in [-0.1, -0.05) is 0 Å². The van der Waals surface area contributed by atoms with Gasteiger partial charge in [0, 0.05) is 79.0 Å². The van der Waals surface area contributed by atoms with Crippen LogP contribution in [-0.2, 0) is 0 Å². The van der Waals surface area contributed by atoms with Gasteiger partial charge in [0.15, 0.2) is 0 Å². The predicted octanol–water partition coefficient (Wildman–Crippen LogP) is 6.00. The molecule has 0 unspecified atom stereocenters. The van der Waals surface area contributed by atoms with E-state index < -0.39 is 0 Å². The fourth-order valence-corrected chi connectivity index (χ4v) is 5.92. The van der Waals surface area contributed by atoms with Crippen molar-refractivity contribution in [2.45, 2.75) is 32.6 Å². The standard InChI is InChI=1S/C33H39N9/c1-21-16-30(39(3)4)26-18-24(8-10-28(26)36-21)42(33-35-20-34-32(38-33)23-12-14-41(7)15-13-23)25-9-11-29-27(19-25)31(40(5)6)17-22(2)37-29/h8-11,16-20,23H,12-15H2,1-7H3. The molecule has 0 spiro atoms. The van der Waals surface area contributed by atoms with Crippen LogP contribution in [0.3, 0.4) is 0 Å². The molecule has 3 aromatic heterocycles. The third kappa shape index (κ3) is 5.32. The average molecular weight is 562 g/mol. The summed E-state index contributed by atoms with van der Waals surface area (Å²) in [6, 6.07) is 17.1. The van der Waals surface area contributed by atoms with E-state index in [2.05, 4.69) is 108 Å². The minimum absolute atomic E-state index is 0.318. The van der Waals surface area contributed by atoms with E-state index in [1.807, 2.05) is 13.8 Å². The lowest BCUT2D eigenvalue weighted by atomic mass is 9.96. The molecule has 216 valence electrons. The number of piperidine rings is 1. The van der Waals surface area contributed by atoms with E-state index in [9.17, 15) is 0 Å². The minimum Gasteiger partial charge on any atom is -0.377 e. The summed E-state index contributed by atoms with van der Waals surface area (Å²) in [6.45, 7) is 6.17. The topological polar surface area (TPSA) is 77.4 Å². The van der Waals surface area contributed by atoms with Gasteiger partial charge in [-0.25, -0.2) is 9.97 Å². The molecule has 0 bridgehead atoms. The van der Waals surface area contributed by atoms with Crippen molar-refractivity contribution < 1.29 is 0 Å². The van der Waals surface area contributed by atoms with E-state index in [4.69, 9.17) is 19.9 Å². The highest BCUT2D eigenvalue weighted by atomic mass is 15.3. The van der Waals surface area contributed by atoms with E-state index in [-0.39, 0.29) is 0 Å². The molecule has 0 N–H and O–H groups in total. The van der Waals surface area contributed by atoms with Crippen LogP contribution in [0, 0.1) is 13.8 Å². The van der Waals surface area contributed by atoms with Gasteiger partial charge in [-0.15, -0.1) is 0 Å². The fourth-order valence-electron chi connectivity index (χ4n) is 5.92. The van der Waals surface area contributed by atoms with Gasteiger partial charge in [0.2, 0.25) is 5.95 Å². The number of anilines is 5.